The third kappa shape index (κ3) is 1.80. The van der Waals surface area contributed by atoms with E-state index in [0.29, 0.717) is 11.6 Å². The quantitative estimate of drug-likeness (QED) is 0.769. The van der Waals surface area contributed by atoms with Crippen LogP contribution in [-0.2, 0) is 0 Å². The van der Waals surface area contributed by atoms with Crippen molar-refractivity contribution in [2.75, 3.05) is 6.54 Å². The van der Waals surface area contributed by atoms with Crippen LogP contribution in [0.15, 0.2) is 0 Å². The molecule has 0 aromatic heterocycles. The van der Waals surface area contributed by atoms with E-state index in [1.54, 1.807) is 0 Å². The zero-order valence-corrected chi connectivity index (χ0v) is 10.5. The molecule has 0 aromatic rings. The first-order valence-corrected chi connectivity index (χ1v) is 7.19. The molecule has 4 unspecified atom stereocenters. The normalized spacial score (nSPS) is 45.4. The van der Waals surface area contributed by atoms with Gasteiger partial charge in [0, 0.05) is 18.1 Å². The van der Waals surface area contributed by atoms with Gasteiger partial charge in [-0.2, -0.15) is 0 Å². The molecule has 16 heavy (non-hydrogen) atoms. The number of hydrogen-bond donors (Lipinski definition) is 2. The largest absolute Gasteiger partial charge is 0.327 e. The van der Waals surface area contributed by atoms with Gasteiger partial charge in [-0.3, -0.25) is 0 Å². The van der Waals surface area contributed by atoms with Crippen LogP contribution in [-0.4, -0.2) is 18.1 Å². The molecule has 0 spiro atoms. The summed E-state index contributed by atoms with van der Waals surface area (Å²) in [6.07, 6.45) is 9.82. The van der Waals surface area contributed by atoms with E-state index in [9.17, 15) is 0 Å². The summed E-state index contributed by atoms with van der Waals surface area (Å²) in [6, 6.07) is 0.497. The molecule has 3 aliphatic carbocycles. The standard InChI is InChI=1S/C14H26N2/c1-14(6-2-3-7-14)16-9-12-10-4-5-11(8-10)13(12)15/h10-13,16H,2-9,15H2,1H3. The first-order chi connectivity index (χ1) is 7.68. The maximum absolute atomic E-state index is 6.35. The van der Waals surface area contributed by atoms with Gasteiger partial charge in [0.25, 0.3) is 0 Å². The Bertz CT molecular complexity index is 255. The Kier molecular flexibility index (Phi) is 2.75. The molecule has 0 aliphatic heterocycles. The van der Waals surface area contributed by atoms with E-state index in [0.717, 1.165) is 17.8 Å². The van der Waals surface area contributed by atoms with Crippen molar-refractivity contribution < 1.29 is 0 Å². The molecule has 0 heterocycles. The zero-order valence-electron chi connectivity index (χ0n) is 10.5. The Hall–Kier alpha value is -0.0800. The van der Waals surface area contributed by atoms with Crippen LogP contribution in [0, 0.1) is 17.8 Å². The second-order valence-corrected chi connectivity index (χ2v) is 6.72. The molecule has 0 saturated heterocycles. The molecule has 92 valence electrons. The van der Waals surface area contributed by atoms with Crippen molar-refractivity contribution in [3.63, 3.8) is 0 Å². The van der Waals surface area contributed by atoms with Gasteiger partial charge in [0.2, 0.25) is 0 Å². The summed E-state index contributed by atoms with van der Waals surface area (Å²) >= 11 is 0. The Balaban J connectivity index is 1.55. The summed E-state index contributed by atoms with van der Waals surface area (Å²) in [7, 11) is 0. The first-order valence-electron chi connectivity index (χ1n) is 7.19. The van der Waals surface area contributed by atoms with Gasteiger partial charge >= 0.3 is 0 Å². The third-order valence-electron chi connectivity index (χ3n) is 5.63. The number of fused-ring (bicyclic) bond motifs is 2. The number of nitrogens with two attached hydrogens (primary N) is 1. The van der Waals surface area contributed by atoms with E-state index in [1.807, 2.05) is 0 Å². The minimum absolute atomic E-state index is 0.432. The molecule has 2 heteroatoms. The first kappa shape index (κ1) is 11.0. The van der Waals surface area contributed by atoms with Crippen molar-refractivity contribution in [2.45, 2.75) is 63.5 Å². The highest BCUT2D eigenvalue weighted by molar-refractivity contribution is 5.01. The summed E-state index contributed by atoms with van der Waals surface area (Å²) in [5, 5.41) is 3.84. The fourth-order valence-corrected chi connectivity index (χ4v) is 4.45. The van der Waals surface area contributed by atoms with Crippen LogP contribution in [0.2, 0.25) is 0 Å². The van der Waals surface area contributed by atoms with Crippen LogP contribution in [0.25, 0.3) is 0 Å². The average Bonchev–Trinajstić information content (AvgIpc) is 2.92. The molecular weight excluding hydrogens is 196 g/mol. The molecule has 0 aromatic carbocycles. The second kappa shape index (κ2) is 3.99. The van der Waals surface area contributed by atoms with Gasteiger partial charge in [-0.25, -0.2) is 0 Å². The topological polar surface area (TPSA) is 38.0 Å². The van der Waals surface area contributed by atoms with Crippen molar-refractivity contribution in [3.8, 4) is 0 Å². The minimum Gasteiger partial charge on any atom is -0.327 e. The van der Waals surface area contributed by atoms with Crippen LogP contribution in [0.5, 0.6) is 0 Å². The van der Waals surface area contributed by atoms with E-state index in [1.165, 1.54) is 51.5 Å². The maximum atomic E-state index is 6.35. The zero-order chi connectivity index (χ0) is 11.2. The molecule has 3 saturated carbocycles. The number of rotatable bonds is 3. The second-order valence-electron chi connectivity index (χ2n) is 6.72. The molecule has 3 N–H and O–H groups in total. The van der Waals surface area contributed by atoms with Crippen molar-refractivity contribution in [2.24, 2.45) is 23.5 Å². The van der Waals surface area contributed by atoms with Gasteiger partial charge in [-0.15, -0.1) is 0 Å². The summed E-state index contributed by atoms with van der Waals surface area (Å²) in [4.78, 5) is 0. The van der Waals surface area contributed by atoms with Crippen molar-refractivity contribution in [1.29, 1.82) is 0 Å². The van der Waals surface area contributed by atoms with Crippen LogP contribution >= 0.6 is 0 Å². The molecule has 0 radical (unpaired) electrons. The molecule has 0 amide bonds. The lowest BCUT2D eigenvalue weighted by atomic mass is 9.84. The molecule has 3 fully saturated rings. The van der Waals surface area contributed by atoms with E-state index < -0.39 is 0 Å². The van der Waals surface area contributed by atoms with E-state index in [-0.39, 0.29) is 0 Å². The SMILES string of the molecule is CC1(NCC2C3CCC(C3)C2N)CCCC1. The van der Waals surface area contributed by atoms with Crippen molar-refractivity contribution in [3.05, 3.63) is 0 Å². The number of hydrogen-bond acceptors (Lipinski definition) is 2. The average molecular weight is 222 g/mol. The highest BCUT2D eigenvalue weighted by Crippen LogP contribution is 2.47. The lowest BCUT2D eigenvalue weighted by Crippen LogP contribution is -2.47. The Morgan fingerprint density at radius 2 is 1.88 bits per heavy atom. The summed E-state index contributed by atoms with van der Waals surface area (Å²) in [6.45, 7) is 3.58. The van der Waals surface area contributed by atoms with Gasteiger partial charge in [0.05, 0.1) is 0 Å². The van der Waals surface area contributed by atoms with Gasteiger partial charge in [0.15, 0.2) is 0 Å². The lowest BCUT2D eigenvalue weighted by molar-refractivity contribution is 0.244. The predicted molar refractivity (Wildman–Crippen MR) is 67.2 cm³/mol. The van der Waals surface area contributed by atoms with E-state index in [4.69, 9.17) is 5.73 Å². The van der Waals surface area contributed by atoms with Crippen LogP contribution < -0.4 is 11.1 Å². The predicted octanol–water partition coefficient (Wildman–Crippen LogP) is 2.28. The molecule has 3 rings (SSSR count). The summed E-state index contributed by atoms with van der Waals surface area (Å²) in [5.74, 6) is 2.57. The van der Waals surface area contributed by atoms with Crippen LogP contribution in [0.1, 0.15) is 51.9 Å². The van der Waals surface area contributed by atoms with Gasteiger partial charge < -0.3 is 11.1 Å². The van der Waals surface area contributed by atoms with E-state index in [2.05, 4.69) is 12.2 Å². The summed E-state index contributed by atoms with van der Waals surface area (Å²) < 4.78 is 0. The maximum Gasteiger partial charge on any atom is 0.0153 e. The van der Waals surface area contributed by atoms with Gasteiger partial charge in [0.1, 0.15) is 0 Å². The third-order valence-corrected chi connectivity index (χ3v) is 5.63. The smallest absolute Gasteiger partial charge is 0.0153 e. The fraction of sp³-hybridized carbons (Fsp3) is 1.00. The Morgan fingerprint density at radius 1 is 1.19 bits per heavy atom. The highest BCUT2D eigenvalue weighted by Gasteiger charge is 2.45. The van der Waals surface area contributed by atoms with Gasteiger partial charge in [-0.05, 0) is 56.8 Å². The molecule has 2 bridgehead atoms. The Labute approximate surface area is 99.4 Å². The number of nitrogens with one attached hydrogen (secondary N) is 1. The molecular formula is C14H26N2. The van der Waals surface area contributed by atoms with Crippen molar-refractivity contribution in [1.82, 2.24) is 5.32 Å². The summed E-state index contributed by atoms with van der Waals surface area (Å²) in [5.41, 5.74) is 6.78. The van der Waals surface area contributed by atoms with E-state index >= 15 is 0 Å². The molecule has 4 atom stereocenters. The minimum atomic E-state index is 0.432. The monoisotopic (exact) mass is 222 g/mol. The van der Waals surface area contributed by atoms with Crippen LogP contribution in [0.3, 0.4) is 0 Å². The van der Waals surface area contributed by atoms with Gasteiger partial charge in [-0.1, -0.05) is 12.8 Å². The molecule has 2 nitrogen and oxygen atoms in total. The highest BCUT2D eigenvalue weighted by atomic mass is 15.0. The van der Waals surface area contributed by atoms with Crippen molar-refractivity contribution >= 4 is 0 Å². The molecule has 3 aliphatic rings. The van der Waals surface area contributed by atoms with Crippen LogP contribution in [0.4, 0.5) is 0 Å². The lowest BCUT2D eigenvalue weighted by Gasteiger charge is -2.33. The fourth-order valence-electron chi connectivity index (χ4n) is 4.45. The Morgan fingerprint density at radius 3 is 2.50 bits per heavy atom.